The molecule has 3 saturated carbocycles. The first-order valence-electron chi connectivity index (χ1n) is 5.05. The van der Waals surface area contributed by atoms with Gasteiger partial charge in [0.05, 0.1) is 0 Å². The van der Waals surface area contributed by atoms with Crippen LogP contribution >= 0.6 is 12.4 Å². The van der Waals surface area contributed by atoms with Gasteiger partial charge in [-0.3, -0.25) is 0 Å². The van der Waals surface area contributed by atoms with Crippen molar-refractivity contribution in [3.63, 3.8) is 0 Å². The van der Waals surface area contributed by atoms with Crippen LogP contribution in [-0.2, 0) is 0 Å². The van der Waals surface area contributed by atoms with Crippen molar-refractivity contribution in [3.8, 4) is 0 Å². The molecule has 0 saturated heterocycles. The molecule has 3 rings (SSSR count). The van der Waals surface area contributed by atoms with Crippen LogP contribution in [0.5, 0.6) is 0 Å². The second-order valence-corrected chi connectivity index (χ2v) is 4.54. The van der Waals surface area contributed by atoms with Crippen molar-refractivity contribution in [2.24, 2.45) is 17.1 Å². The minimum Gasteiger partial charge on any atom is -0.330 e. The standard InChI is InChI=1S/C10H19N.ClH/c11-8-10-5-1-2-9(3-6-10)4-7-10;/h9H,1-8,11H2;1H. The first-order chi connectivity index (χ1) is 5.35. The van der Waals surface area contributed by atoms with Crippen molar-refractivity contribution in [1.82, 2.24) is 0 Å². The van der Waals surface area contributed by atoms with E-state index in [0.29, 0.717) is 5.41 Å². The lowest BCUT2D eigenvalue weighted by atomic mass is 9.71. The lowest BCUT2D eigenvalue weighted by Crippen LogP contribution is -2.32. The van der Waals surface area contributed by atoms with Crippen LogP contribution in [0, 0.1) is 11.3 Å². The summed E-state index contributed by atoms with van der Waals surface area (Å²) in [4.78, 5) is 0. The summed E-state index contributed by atoms with van der Waals surface area (Å²) in [6, 6.07) is 0. The molecule has 0 aromatic heterocycles. The summed E-state index contributed by atoms with van der Waals surface area (Å²) < 4.78 is 0. The van der Waals surface area contributed by atoms with Gasteiger partial charge in [-0.2, -0.15) is 0 Å². The van der Waals surface area contributed by atoms with Gasteiger partial charge in [0, 0.05) is 0 Å². The highest BCUT2D eigenvalue weighted by atomic mass is 35.5. The third-order valence-electron chi connectivity index (χ3n) is 3.92. The van der Waals surface area contributed by atoms with E-state index >= 15 is 0 Å². The molecule has 2 bridgehead atoms. The maximum absolute atomic E-state index is 5.84. The smallest absolute Gasteiger partial charge is 0.00205 e. The molecule has 72 valence electrons. The Balaban J connectivity index is 0.000000720. The highest BCUT2D eigenvalue weighted by Crippen LogP contribution is 2.46. The van der Waals surface area contributed by atoms with Crippen LogP contribution in [0.1, 0.15) is 44.9 Å². The highest BCUT2D eigenvalue weighted by Gasteiger charge is 2.36. The molecule has 3 aliphatic rings. The molecule has 2 N–H and O–H groups in total. The van der Waals surface area contributed by atoms with Crippen molar-refractivity contribution in [2.45, 2.75) is 44.9 Å². The number of nitrogens with two attached hydrogens (primary N) is 1. The normalized spacial score (nSPS) is 40.2. The third kappa shape index (κ3) is 1.77. The molecule has 1 nitrogen and oxygen atoms in total. The summed E-state index contributed by atoms with van der Waals surface area (Å²) in [6.07, 6.45) is 10.1. The van der Waals surface area contributed by atoms with Crippen molar-refractivity contribution in [3.05, 3.63) is 0 Å². The number of rotatable bonds is 1. The largest absolute Gasteiger partial charge is 0.330 e. The van der Waals surface area contributed by atoms with Crippen LogP contribution in [-0.4, -0.2) is 6.54 Å². The molecule has 0 aromatic rings. The Labute approximate surface area is 81.5 Å². The fourth-order valence-electron chi connectivity index (χ4n) is 2.90. The molecule has 3 aliphatic carbocycles. The predicted molar refractivity (Wildman–Crippen MR) is 54.5 cm³/mol. The van der Waals surface area contributed by atoms with Gasteiger partial charge in [-0.15, -0.1) is 12.4 Å². The van der Waals surface area contributed by atoms with E-state index in [-0.39, 0.29) is 12.4 Å². The zero-order valence-electron chi connectivity index (χ0n) is 7.72. The average Bonchev–Trinajstić information content (AvgIpc) is 2.37. The molecule has 0 radical (unpaired) electrons. The maximum atomic E-state index is 5.84. The molecular weight excluding hydrogens is 170 g/mol. The quantitative estimate of drug-likeness (QED) is 0.675. The monoisotopic (exact) mass is 189 g/mol. The second-order valence-electron chi connectivity index (χ2n) is 4.54. The topological polar surface area (TPSA) is 26.0 Å². The summed E-state index contributed by atoms with van der Waals surface area (Å²) in [6.45, 7) is 0.944. The van der Waals surface area contributed by atoms with E-state index < -0.39 is 0 Å². The molecule has 2 heteroatoms. The van der Waals surface area contributed by atoms with E-state index in [1.165, 1.54) is 44.9 Å². The van der Waals surface area contributed by atoms with Crippen LogP contribution in [0.25, 0.3) is 0 Å². The van der Waals surface area contributed by atoms with Gasteiger partial charge in [-0.1, -0.05) is 12.8 Å². The molecule has 0 atom stereocenters. The number of hydrogen-bond donors (Lipinski definition) is 1. The molecule has 0 aliphatic heterocycles. The molecule has 0 unspecified atom stereocenters. The number of hydrogen-bond acceptors (Lipinski definition) is 1. The van der Waals surface area contributed by atoms with E-state index in [1.54, 1.807) is 0 Å². The molecule has 12 heavy (non-hydrogen) atoms. The fraction of sp³-hybridized carbons (Fsp3) is 1.00. The third-order valence-corrected chi connectivity index (χ3v) is 3.92. The lowest BCUT2D eigenvalue weighted by molar-refractivity contribution is 0.179. The Morgan fingerprint density at radius 1 is 1.08 bits per heavy atom. The second kappa shape index (κ2) is 3.97. The first-order valence-corrected chi connectivity index (χ1v) is 5.05. The van der Waals surface area contributed by atoms with Crippen LogP contribution in [0.3, 0.4) is 0 Å². The van der Waals surface area contributed by atoms with Gasteiger partial charge in [0.2, 0.25) is 0 Å². The minimum absolute atomic E-state index is 0. The van der Waals surface area contributed by atoms with Crippen molar-refractivity contribution < 1.29 is 0 Å². The highest BCUT2D eigenvalue weighted by molar-refractivity contribution is 5.85. The van der Waals surface area contributed by atoms with Gasteiger partial charge in [-0.25, -0.2) is 0 Å². The summed E-state index contributed by atoms with van der Waals surface area (Å²) >= 11 is 0. The molecular formula is C10H20ClN. The van der Waals surface area contributed by atoms with Crippen LogP contribution in [0.2, 0.25) is 0 Å². The fourth-order valence-corrected chi connectivity index (χ4v) is 2.90. The number of halogens is 1. The zero-order valence-corrected chi connectivity index (χ0v) is 8.54. The molecule has 0 aromatic carbocycles. The van der Waals surface area contributed by atoms with Gasteiger partial charge in [0.25, 0.3) is 0 Å². The lowest BCUT2D eigenvalue weighted by Gasteiger charge is -2.35. The van der Waals surface area contributed by atoms with Gasteiger partial charge in [0.15, 0.2) is 0 Å². The van der Waals surface area contributed by atoms with E-state index in [2.05, 4.69) is 0 Å². The molecule has 0 spiro atoms. The Hall–Kier alpha value is 0.250. The molecule has 3 fully saturated rings. The zero-order chi connectivity index (χ0) is 7.73. The van der Waals surface area contributed by atoms with E-state index in [9.17, 15) is 0 Å². The Morgan fingerprint density at radius 3 is 2.33 bits per heavy atom. The minimum atomic E-state index is 0. The summed E-state index contributed by atoms with van der Waals surface area (Å²) in [5.41, 5.74) is 6.43. The average molecular weight is 190 g/mol. The maximum Gasteiger partial charge on any atom is -0.00205 e. The van der Waals surface area contributed by atoms with Gasteiger partial charge in [0.1, 0.15) is 0 Å². The van der Waals surface area contributed by atoms with Gasteiger partial charge < -0.3 is 5.73 Å². The Bertz CT molecular complexity index is 133. The predicted octanol–water partition coefficient (Wildman–Crippen LogP) is 2.73. The molecule has 0 amide bonds. The van der Waals surface area contributed by atoms with Gasteiger partial charge in [-0.05, 0) is 50.0 Å². The van der Waals surface area contributed by atoms with Crippen molar-refractivity contribution in [1.29, 1.82) is 0 Å². The van der Waals surface area contributed by atoms with Crippen LogP contribution in [0.15, 0.2) is 0 Å². The number of fused-ring (bicyclic) bond motifs is 4. The van der Waals surface area contributed by atoms with Crippen LogP contribution < -0.4 is 5.73 Å². The molecule has 0 heterocycles. The van der Waals surface area contributed by atoms with Crippen molar-refractivity contribution in [2.75, 3.05) is 6.54 Å². The van der Waals surface area contributed by atoms with E-state index in [4.69, 9.17) is 5.73 Å². The van der Waals surface area contributed by atoms with Crippen LogP contribution in [0.4, 0.5) is 0 Å². The first kappa shape index (κ1) is 10.3. The van der Waals surface area contributed by atoms with E-state index in [1.807, 2.05) is 0 Å². The van der Waals surface area contributed by atoms with Crippen molar-refractivity contribution >= 4 is 12.4 Å². The summed E-state index contributed by atoms with van der Waals surface area (Å²) in [5, 5.41) is 0. The summed E-state index contributed by atoms with van der Waals surface area (Å²) in [7, 11) is 0. The summed E-state index contributed by atoms with van der Waals surface area (Å²) in [5.74, 6) is 1.07. The van der Waals surface area contributed by atoms with Gasteiger partial charge >= 0.3 is 0 Å². The van der Waals surface area contributed by atoms with E-state index in [0.717, 1.165) is 12.5 Å². The Kier molecular flexibility index (Phi) is 3.42. The Morgan fingerprint density at radius 2 is 1.75 bits per heavy atom. The SMILES string of the molecule is Cl.NCC12CCCC(CC1)CC2.